The molecule has 1 N–H and O–H groups in total. The summed E-state index contributed by atoms with van der Waals surface area (Å²) in [5.41, 5.74) is 0.485. The van der Waals surface area contributed by atoms with Crippen LogP contribution in [0.15, 0.2) is 64.2 Å². The second-order valence-corrected chi connectivity index (χ2v) is 6.64. The Hall–Kier alpha value is -3.15. The molecule has 0 aliphatic carbocycles. The number of para-hydroxylation sites is 1. The van der Waals surface area contributed by atoms with E-state index in [4.69, 9.17) is 0 Å². The zero-order valence-electron chi connectivity index (χ0n) is 15.5. The first kappa shape index (κ1) is 18.6. The molecule has 0 spiro atoms. The molecule has 0 bridgehead atoms. The van der Waals surface area contributed by atoms with Gasteiger partial charge in [0.25, 0.3) is 5.56 Å². The molecule has 1 heterocycles. The number of fused-ring (bicyclic) bond motifs is 1. The van der Waals surface area contributed by atoms with Gasteiger partial charge >= 0.3 is 5.69 Å². The number of aromatic nitrogens is 2. The Bertz CT molecular complexity index is 1070. The van der Waals surface area contributed by atoms with Gasteiger partial charge in [0, 0.05) is 6.04 Å². The van der Waals surface area contributed by atoms with Gasteiger partial charge in [0.05, 0.1) is 17.4 Å². The summed E-state index contributed by atoms with van der Waals surface area (Å²) in [6.07, 6.45) is 0.800. The lowest BCUT2D eigenvalue weighted by atomic mass is 10.2. The van der Waals surface area contributed by atoms with E-state index in [0.29, 0.717) is 10.9 Å². The minimum atomic E-state index is -0.484. The molecular weight excluding hydrogens is 342 g/mol. The average molecular weight is 365 g/mol. The highest BCUT2D eigenvalue weighted by Gasteiger charge is 2.16. The second kappa shape index (κ2) is 8.03. The van der Waals surface area contributed by atoms with Gasteiger partial charge in [-0.1, -0.05) is 49.4 Å². The van der Waals surface area contributed by atoms with Crippen LogP contribution in [0.2, 0.25) is 0 Å². The summed E-state index contributed by atoms with van der Waals surface area (Å²) in [6, 6.07) is 16.2. The molecule has 140 valence electrons. The van der Waals surface area contributed by atoms with Gasteiger partial charge in [-0.25, -0.2) is 4.79 Å². The first-order valence-corrected chi connectivity index (χ1v) is 9.07. The van der Waals surface area contributed by atoms with Crippen molar-refractivity contribution in [1.82, 2.24) is 14.5 Å². The number of rotatable bonds is 6. The fourth-order valence-electron chi connectivity index (χ4n) is 3.00. The Labute approximate surface area is 157 Å². The lowest BCUT2D eigenvalue weighted by Crippen LogP contribution is -2.43. The van der Waals surface area contributed by atoms with E-state index in [2.05, 4.69) is 5.32 Å². The van der Waals surface area contributed by atoms with Crippen molar-refractivity contribution in [3.05, 3.63) is 81.0 Å². The summed E-state index contributed by atoms with van der Waals surface area (Å²) >= 11 is 0. The number of nitrogens with zero attached hydrogens (tertiary/aromatic N) is 2. The molecule has 6 heteroatoms. The molecule has 1 amide bonds. The summed E-state index contributed by atoms with van der Waals surface area (Å²) in [7, 11) is 0. The van der Waals surface area contributed by atoms with Crippen LogP contribution in [0.25, 0.3) is 10.9 Å². The topological polar surface area (TPSA) is 73.1 Å². The number of amides is 1. The van der Waals surface area contributed by atoms with Crippen molar-refractivity contribution >= 4 is 16.8 Å². The summed E-state index contributed by atoms with van der Waals surface area (Å²) in [5.74, 6) is -0.249. The van der Waals surface area contributed by atoms with Gasteiger partial charge in [0.2, 0.25) is 5.91 Å². The third kappa shape index (κ3) is 4.00. The molecule has 0 unspecified atom stereocenters. The van der Waals surface area contributed by atoms with Crippen molar-refractivity contribution in [1.29, 1.82) is 0 Å². The number of hydrogen-bond acceptors (Lipinski definition) is 3. The third-order valence-electron chi connectivity index (χ3n) is 4.64. The van der Waals surface area contributed by atoms with Crippen LogP contribution in [-0.2, 0) is 17.9 Å². The summed E-state index contributed by atoms with van der Waals surface area (Å²) in [4.78, 5) is 38.3. The van der Waals surface area contributed by atoms with Crippen LogP contribution in [0.1, 0.15) is 25.8 Å². The standard InChI is InChI=1S/C21H23N3O3/c1-3-15(2)22-19(25)14-23-18-12-8-7-11-17(18)20(26)24(21(23)27)13-16-9-5-4-6-10-16/h4-12,15H,3,13-14H2,1-2H3,(H,22,25)/t15-/m1/s1. The molecule has 0 radical (unpaired) electrons. The molecule has 0 aliphatic heterocycles. The van der Waals surface area contributed by atoms with E-state index < -0.39 is 5.69 Å². The average Bonchev–Trinajstić information content (AvgIpc) is 2.69. The van der Waals surface area contributed by atoms with Gasteiger partial charge in [-0.15, -0.1) is 0 Å². The Morgan fingerprint density at radius 1 is 1.00 bits per heavy atom. The Morgan fingerprint density at radius 2 is 1.67 bits per heavy atom. The molecular formula is C21H23N3O3. The fraction of sp³-hybridized carbons (Fsp3) is 0.286. The lowest BCUT2D eigenvalue weighted by Gasteiger charge is -2.16. The normalized spacial score (nSPS) is 12.1. The van der Waals surface area contributed by atoms with Crippen molar-refractivity contribution < 1.29 is 4.79 Å². The molecule has 0 saturated carbocycles. The molecule has 1 aromatic heterocycles. The van der Waals surface area contributed by atoms with Crippen molar-refractivity contribution in [2.24, 2.45) is 0 Å². The van der Waals surface area contributed by atoms with Gasteiger partial charge in [-0.2, -0.15) is 0 Å². The smallest absolute Gasteiger partial charge is 0.332 e. The van der Waals surface area contributed by atoms with E-state index in [0.717, 1.165) is 12.0 Å². The SMILES string of the molecule is CC[C@@H](C)NC(=O)Cn1c(=O)n(Cc2ccccc2)c(=O)c2ccccc21. The summed E-state index contributed by atoms with van der Waals surface area (Å²) in [5, 5.41) is 3.29. The predicted molar refractivity (Wildman–Crippen MR) is 106 cm³/mol. The van der Waals surface area contributed by atoms with Crippen molar-refractivity contribution in [2.75, 3.05) is 0 Å². The maximum absolute atomic E-state index is 13.0. The minimum Gasteiger partial charge on any atom is -0.352 e. The van der Waals surface area contributed by atoms with Gasteiger partial charge < -0.3 is 5.32 Å². The van der Waals surface area contributed by atoms with Crippen molar-refractivity contribution in [3.8, 4) is 0 Å². The zero-order chi connectivity index (χ0) is 19.4. The molecule has 0 aliphatic rings. The first-order chi connectivity index (χ1) is 13.0. The number of nitrogens with one attached hydrogen (secondary N) is 1. The molecule has 6 nitrogen and oxygen atoms in total. The van der Waals surface area contributed by atoms with Crippen LogP contribution < -0.4 is 16.6 Å². The van der Waals surface area contributed by atoms with Crippen LogP contribution in [0.5, 0.6) is 0 Å². The van der Waals surface area contributed by atoms with Gasteiger partial charge in [-0.05, 0) is 31.0 Å². The quantitative estimate of drug-likeness (QED) is 0.727. The Kier molecular flexibility index (Phi) is 5.54. The molecule has 0 saturated heterocycles. The largest absolute Gasteiger partial charge is 0.352 e. The summed E-state index contributed by atoms with van der Waals surface area (Å²) in [6.45, 7) is 3.93. The molecule has 2 aromatic carbocycles. The highest BCUT2D eigenvalue weighted by Crippen LogP contribution is 2.08. The van der Waals surface area contributed by atoms with Crippen LogP contribution in [0, 0.1) is 0 Å². The molecule has 3 rings (SSSR count). The van der Waals surface area contributed by atoms with E-state index in [1.54, 1.807) is 24.3 Å². The first-order valence-electron chi connectivity index (χ1n) is 9.07. The highest BCUT2D eigenvalue weighted by atomic mass is 16.2. The van der Waals surface area contributed by atoms with E-state index >= 15 is 0 Å². The molecule has 3 aromatic rings. The maximum atomic E-state index is 13.0. The predicted octanol–water partition coefficient (Wildman–Crippen LogP) is 2.13. The van der Waals surface area contributed by atoms with Crippen LogP contribution in [0.4, 0.5) is 0 Å². The van der Waals surface area contributed by atoms with E-state index in [1.165, 1.54) is 9.13 Å². The van der Waals surface area contributed by atoms with Gasteiger partial charge in [0.1, 0.15) is 6.54 Å². The van der Waals surface area contributed by atoms with Gasteiger partial charge in [0.15, 0.2) is 0 Å². The Morgan fingerprint density at radius 3 is 2.37 bits per heavy atom. The number of carbonyl (C=O) groups is 1. The van der Waals surface area contributed by atoms with E-state index in [1.807, 2.05) is 44.2 Å². The summed E-state index contributed by atoms with van der Waals surface area (Å²) < 4.78 is 2.56. The fourth-order valence-corrected chi connectivity index (χ4v) is 3.00. The number of benzene rings is 2. The highest BCUT2D eigenvalue weighted by molar-refractivity contribution is 5.81. The molecule has 0 fully saturated rings. The maximum Gasteiger partial charge on any atom is 0.332 e. The van der Waals surface area contributed by atoms with E-state index in [-0.39, 0.29) is 30.6 Å². The monoisotopic (exact) mass is 365 g/mol. The lowest BCUT2D eigenvalue weighted by molar-refractivity contribution is -0.122. The van der Waals surface area contributed by atoms with Crippen LogP contribution in [0.3, 0.4) is 0 Å². The van der Waals surface area contributed by atoms with Crippen LogP contribution in [-0.4, -0.2) is 21.1 Å². The van der Waals surface area contributed by atoms with E-state index in [9.17, 15) is 14.4 Å². The van der Waals surface area contributed by atoms with Crippen molar-refractivity contribution in [3.63, 3.8) is 0 Å². The number of carbonyl (C=O) groups excluding carboxylic acids is 1. The third-order valence-corrected chi connectivity index (χ3v) is 4.64. The molecule has 27 heavy (non-hydrogen) atoms. The van der Waals surface area contributed by atoms with Gasteiger partial charge in [-0.3, -0.25) is 18.7 Å². The second-order valence-electron chi connectivity index (χ2n) is 6.64. The zero-order valence-corrected chi connectivity index (χ0v) is 15.5. The number of hydrogen-bond donors (Lipinski definition) is 1. The molecule has 1 atom stereocenters. The minimum absolute atomic E-state index is 0.0229. The Balaban J connectivity index is 2.10. The van der Waals surface area contributed by atoms with Crippen LogP contribution >= 0.6 is 0 Å². The van der Waals surface area contributed by atoms with Crippen molar-refractivity contribution in [2.45, 2.75) is 39.4 Å².